The number of aromatic nitrogens is 2. The van der Waals surface area contributed by atoms with E-state index in [9.17, 15) is 4.79 Å². The molecule has 3 rings (SSSR count). The molecule has 23 heavy (non-hydrogen) atoms. The van der Waals surface area contributed by atoms with Crippen LogP contribution in [0.5, 0.6) is 0 Å². The van der Waals surface area contributed by atoms with Gasteiger partial charge in [0.1, 0.15) is 17.7 Å². The lowest BCUT2D eigenvalue weighted by Crippen LogP contribution is -2.48. The summed E-state index contributed by atoms with van der Waals surface area (Å²) in [6.07, 6.45) is -0.0368. The molecule has 0 spiro atoms. The third-order valence-corrected chi connectivity index (χ3v) is 4.36. The van der Waals surface area contributed by atoms with Crippen LogP contribution in [0.2, 0.25) is 0 Å². The number of amides is 1. The van der Waals surface area contributed by atoms with Crippen LogP contribution in [0.1, 0.15) is 31.5 Å². The second-order valence-electron chi connectivity index (χ2n) is 6.42. The van der Waals surface area contributed by atoms with Gasteiger partial charge in [-0.05, 0) is 20.8 Å². The molecule has 126 valence electrons. The molecule has 2 aliphatic rings. The topological polar surface area (TPSA) is 70.6 Å². The number of hydrogen-bond donors (Lipinski definition) is 1. The van der Waals surface area contributed by atoms with Crippen molar-refractivity contribution in [2.24, 2.45) is 0 Å². The van der Waals surface area contributed by atoms with Gasteiger partial charge in [0.25, 0.3) is 0 Å². The minimum atomic E-state index is -0.0368. The van der Waals surface area contributed by atoms with Gasteiger partial charge in [-0.15, -0.1) is 0 Å². The molecular formula is C16H25N5O2. The predicted octanol–water partition coefficient (Wildman–Crippen LogP) is 0.503. The molecule has 0 aromatic carbocycles. The minimum Gasteiger partial charge on any atom is -0.369 e. The van der Waals surface area contributed by atoms with Gasteiger partial charge in [0, 0.05) is 38.3 Å². The molecule has 0 bridgehead atoms. The molecule has 1 amide bonds. The highest BCUT2D eigenvalue weighted by Gasteiger charge is 2.26. The lowest BCUT2D eigenvalue weighted by Gasteiger charge is -2.35. The van der Waals surface area contributed by atoms with Crippen LogP contribution in [0.25, 0.3) is 0 Å². The Morgan fingerprint density at radius 1 is 1.35 bits per heavy atom. The first kappa shape index (κ1) is 16.1. The summed E-state index contributed by atoms with van der Waals surface area (Å²) in [6, 6.07) is 2.47. The van der Waals surface area contributed by atoms with Crippen LogP contribution in [-0.2, 0) is 9.53 Å². The van der Waals surface area contributed by atoms with Gasteiger partial charge in [-0.2, -0.15) is 0 Å². The highest BCUT2D eigenvalue weighted by atomic mass is 16.5. The molecule has 1 aromatic heterocycles. The Kier molecular flexibility index (Phi) is 4.77. The summed E-state index contributed by atoms with van der Waals surface area (Å²) in [5, 5.41) is 2.84. The molecule has 0 radical (unpaired) electrons. The van der Waals surface area contributed by atoms with E-state index >= 15 is 0 Å². The lowest BCUT2D eigenvalue weighted by molar-refractivity contribution is -0.120. The zero-order chi connectivity index (χ0) is 16.4. The number of piperazine rings is 1. The molecule has 1 N–H and O–H groups in total. The molecule has 3 heterocycles. The molecular weight excluding hydrogens is 294 g/mol. The smallest absolute Gasteiger partial charge is 0.239 e. The summed E-state index contributed by atoms with van der Waals surface area (Å²) < 4.78 is 5.93. The van der Waals surface area contributed by atoms with E-state index < -0.39 is 0 Å². The van der Waals surface area contributed by atoms with E-state index in [4.69, 9.17) is 4.74 Å². The van der Waals surface area contributed by atoms with Gasteiger partial charge < -0.3 is 15.0 Å². The fourth-order valence-corrected chi connectivity index (χ4v) is 3.05. The number of nitrogens with one attached hydrogen (secondary N) is 1. The molecule has 1 atom stereocenters. The zero-order valence-electron chi connectivity index (χ0n) is 14.1. The summed E-state index contributed by atoms with van der Waals surface area (Å²) in [4.78, 5) is 25.1. The third-order valence-electron chi connectivity index (χ3n) is 4.36. The van der Waals surface area contributed by atoms with E-state index in [1.54, 1.807) is 0 Å². The van der Waals surface area contributed by atoms with Crippen molar-refractivity contribution in [3.05, 3.63) is 17.6 Å². The Hall–Kier alpha value is -1.73. The minimum absolute atomic E-state index is 0.0361. The van der Waals surface area contributed by atoms with Crippen molar-refractivity contribution in [1.29, 1.82) is 0 Å². The number of nitrogens with zero attached hydrogens (tertiary/aromatic N) is 4. The van der Waals surface area contributed by atoms with Crippen molar-refractivity contribution in [3.8, 4) is 0 Å². The van der Waals surface area contributed by atoms with Crippen molar-refractivity contribution < 1.29 is 9.53 Å². The first-order chi connectivity index (χ1) is 11.0. The van der Waals surface area contributed by atoms with Gasteiger partial charge in [-0.3, -0.25) is 9.69 Å². The summed E-state index contributed by atoms with van der Waals surface area (Å²) in [5.41, 5.74) is 0.906. The number of carbonyl (C=O) groups is 1. The highest BCUT2D eigenvalue weighted by molar-refractivity contribution is 5.82. The van der Waals surface area contributed by atoms with Gasteiger partial charge in [-0.25, -0.2) is 9.97 Å². The first-order valence-electron chi connectivity index (χ1n) is 8.26. The average molecular weight is 319 g/mol. The highest BCUT2D eigenvalue weighted by Crippen LogP contribution is 2.25. The van der Waals surface area contributed by atoms with Crippen LogP contribution in [0, 0.1) is 6.92 Å². The van der Waals surface area contributed by atoms with E-state index in [2.05, 4.69) is 34.0 Å². The molecule has 2 saturated heterocycles. The summed E-state index contributed by atoms with van der Waals surface area (Å²) in [6.45, 7) is 10.6. The normalized spacial score (nSPS) is 23.2. The molecule has 2 aliphatic heterocycles. The second kappa shape index (κ2) is 6.80. The van der Waals surface area contributed by atoms with E-state index in [-0.39, 0.29) is 12.0 Å². The number of anilines is 1. The number of rotatable bonds is 3. The van der Waals surface area contributed by atoms with Gasteiger partial charge in [-0.1, -0.05) is 0 Å². The molecule has 2 fully saturated rings. The van der Waals surface area contributed by atoms with Crippen molar-refractivity contribution >= 4 is 11.7 Å². The summed E-state index contributed by atoms with van der Waals surface area (Å²) in [5.74, 6) is 1.57. The zero-order valence-corrected chi connectivity index (χ0v) is 14.1. The maximum Gasteiger partial charge on any atom is 0.239 e. The molecule has 0 saturated carbocycles. The first-order valence-corrected chi connectivity index (χ1v) is 8.26. The molecule has 1 aromatic rings. The number of carbonyl (C=O) groups excluding carboxylic acids is 1. The quantitative estimate of drug-likeness (QED) is 0.875. The van der Waals surface area contributed by atoms with Gasteiger partial charge in [0.05, 0.1) is 18.8 Å². The average Bonchev–Trinajstić information content (AvgIpc) is 2.54. The largest absolute Gasteiger partial charge is 0.369 e. The number of morpholine rings is 1. The van der Waals surface area contributed by atoms with Crippen LogP contribution in [0.4, 0.5) is 5.82 Å². The molecule has 7 heteroatoms. The third kappa shape index (κ3) is 3.79. The van der Waals surface area contributed by atoms with Crippen LogP contribution in [0.3, 0.4) is 0 Å². The van der Waals surface area contributed by atoms with Gasteiger partial charge in [0.2, 0.25) is 5.91 Å². The maximum absolute atomic E-state index is 11.6. The SMILES string of the molecule is Cc1nc([C@H]2CN(C(C)C)CCO2)cc(N2CCNC(=O)C2)n1. The Labute approximate surface area is 137 Å². The van der Waals surface area contributed by atoms with E-state index in [1.165, 1.54) is 0 Å². The number of ether oxygens (including phenoxy) is 1. The number of aryl methyl sites for hydroxylation is 1. The summed E-state index contributed by atoms with van der Waals surface area (Å²) >= 11 is 0. The fraction of sp³-hybridized carbons (Fsp3) is 0.688. The Balaban J connectivity index is 1.81. The Morgan fingerprint density at radius 3 is 2.91 bits per heavy atom. The standard InChI is InChI=1S/C16H25N5O2/c1-11(2)20-6-7-23-14(9-20)13-8-15(19-12(3)18-13)21-5-4-17-16(22)10-21/h8,11,14H,4-7,9-10H2,1-3H3,(H,17,22)/t14-/m1/s1. The van der Waals surface area contributed by atoms with Crippen molar-refractivity contribution in [2.45, 2.75) is 32.9 Å². The Bertz CT molecular complexity index is 578. The van der Waals surface area contributed by atoms with E-state index in [0.717, 1.165) is 31.1 Å². The van der Waals surface area contributed by atoms with Crippen molar-refractivity contribution in [3.63, 3.8) is 0 Å². The monoisotopic (exact) mass is 319 g/mol. The Morgan fingerprint density at radius 2 is 2.17 bits per heavy atom. The van der Waals surface area contributed by atoms with Crippen LogP contribution >= 0.6 is 0 Å². The lowest BCUT2D eigenvalue weighted by atomic mass is 10.1. The van der Waals surface area contributed by atoms with Gasteiger partial charge in [0.15, 0.2) is 0 Å². The second-order valence-corrected chi connectivity index (χ2v) is 6.42. The number of hydrogen-bond acceptors (Lipinski definition) is 6. The molecule has 0 unspecified atom stereocenters. The maximum atomic E-state index is 11.6. The van der Waals surface area contributed by atoms with Crippen molar-refractivity contribution in [2.75, 3.05) is 44.2 Å². The van der Waals surface area contributed by atoms with Gasteiger partial charge >= 0.3 is 0 Å². The van der Waals surface area contributed by atoms with Crippen LogP contribution < -0.4 is 10.2 Å². The van der Waals surface area contributed by atoms with E-state index in [0.29, 0.717) is 31.6 Å². The van der Waals surface area contributed by atoms with Crippen LogP contribution in [-0.4, -0.2) is 66.1 Å². The predicted molar refractivity (Wildman–Crippen MR) is 87.4 cm³/mol. The molecule has 0 aliphatic carbocycles. The fourth-order valence-electron chi connectivity index (χ4n) is 3.05. The molecule has 7 nitrogen and oxygen atoms in total. The summed E-state index contributed by atoms with van der Waals surface area (Å²) in [7, 11) is 0. The van der Waals surface area contributed by atoms with Crippen molar-refractivity contribution in [1.82, 2.24) is 20.2 Å². The van der Waals surface area contributed by atoms with Crippen LogP contribution in [0.15, 0.2) is 6.07 Å². The van der Waals surface area contributed by atoms with E-state index in [1.807, 2.05) is 17.9 Å².